The van der Waals surface area contributed by atoms with Crippen LogP contribution in [-0.4, -0.2) is 29.1 Å². The summed E-state index contributed by atoms with van der Waals surface area (Å²) in [6.45, 7) is 4.76. The number of hydrogen-bond acceptors (Lipinski definition) is 5. The molecule has 0 spiro atoms. The summed E-state index contributed by atoms with van der Waals surface area (Å²) in [6, 6.07) is 7.42. The van der Waals surface area contributed by atoms with Crippen molar-refractivity contribution in [2.45, 2.75) is 38.8 Å². The standard InChI is InChI=1S/C20H23FN4S/c1-14-18-11-16(21)4-5-19(18)24-20(23-14)25-8-2-3-17(6-9-25)22-12-15-7-10-26-13-15/h4-5,7,10-11,13,17,22H,2-3,6,8-9,12H2,1H3. The van der Waals surface area contributed by atoms with E-state index in [0.29, 0.717) is 6.04 Å². The number of fused-ring (bicyclic) bond motifs is 1. The Morgan fingerprint density at radius 1 is 1.23 bits per heavy atom. The summed E-state index contributed by atoms with van der Waals surface area (Å²) < 4.78 is 13.5. The molecule has 6 heteroatoms. The van der Waals surface area contributed by atoms with Crippen molar-refractivity contribution in [3.8, 4) is 0 Å². The van der Waals surface area contributed by atoms with E-state index in [2.05, 4.69) is 37.0 Å². The van der Waals surface area contributed by atoms with Crippen LogP contribution < -0.4 is 10.2 Å². The van der Waals surface area contributed by atoms with Crippen LogP contribution in [0.1, 0.15) is 30.5 Å². The quantitative estimate of drug-likeness (QED) is 0.744. The van der Waals surface area contributed by atoms with Crippen LogP contribution in [0.3, 0.4) is 0 Å². The lowest BCUT2D eigenvalue weighted by Gasteiger charge is -2.21. The fourth-order valence-corrected chi connectivity index (χ4v) is 4.20. The van der Waals surface area contributed by atoms with Gasteiger partial charge in [0.15, 0.2) is 0 Å². The third kappa shape index (κ3) is 3.86. The number of halogens is 1. The van der Waals surface area contributed by atoms with Crippen molar-refractivity contribution < 1.29 is 4.39 Å². The minimum atomic E-state index is -0.244. The molecule has 0 amide bonds. The Morgan fingerprint density at radius 2 is 2.15 bits per heavy atom. The first kappa shape index (κ1) is 17.4. The van der Waals surface area contributed by atoms with Gasteiger partial charge in [-0.2, -0.15) is 11.3 Å². The first-order chi connectivity index (χ1) is 12.7. The minimum Gasteiger partial charge on any atom is -0.341 e. The van der Waals surface area contributed by atoms with Gasteiger partial charge in [-0.05, 0) is 66.8 Å². The second-order valence-corrected chi connectivity index (χ2v) is 7.68. The molecule has 4 nitrogen and oxygen atoms in total. The van der Waals surface area contributed by atoms with E-state index < -0.39 is 0 Å². The fourth-order valence-electron chi connectivity index (χ4n) is 3.54. The number of nitrogens with one attached hydrogen (secondary N) is 1. The number of benzene rings is 1. The number of thiophene rings is 1. The van der Waals surface area contributed by atoms with Gasteiger partial charge < -0.3 is 10.2 Å². The van der Waals surface area contributed by atoms with Crippen molar-refractivity contribution in [3.05, 3.63) is 52.1 Å². The molecule has 3 heterocycles. The molecule has 4 rings (SSSR count). The highest BCUT2D eigenvalue weighted by Gasteiger charge is 2.19. The van der Waals surface area contributed by atoms with E-state index in [1.54, 1.807) is 17.4 Å². The third-order valence-corrected chi connectivity index (χ3v) is 5.75. The van der Waals surface area contributed by atoms with E-state index in [9.17, 15) is 4.39 Å². The highest BCUT2D eigenvalue weighted by Crippen LogP contribution is 2.22. The molecule has 26 heavy (non-hydrogen) atoms. The van der Waals surface area contributed by atoms with E-state index in [0.717, 1.165) is 55.0 Å². The van der Waals surface area contributed by atoms with Crippen molar-refractivity contribution in [1.29, 1.82) is 0 Å². The van der Waals surface area contributed by atoms with Crippen LogP contribution in [0.15, 0.2) is 35.0 Å². The summed E-state index contributed by atoms with van der Waals surface area (Å²) in [7, 11) is 0. The van der Waals surface area contributed by atoms with Gasteiger partial charge in [0.2, 0.25) is 5.95 Å². The molecule has 0 saturated carbocycles. The lowest BCUT2D eigenvalue weighted by atomic mass is 10.1. The van der Waals surface area contributed by atoms with Crippen molar-refractivity contribution >= 4 is 28.2 Å². The van der Waals surface area contributed by atoms with Crippen LogP contribution in [0.4, 0.5) is 10.3 Å². The van der Waals surface area contributed by atoms with Crippen molar-refractivity contribution in [3.63, 3.8) is 0 Å². The Labute approximate surface area is 157 Å². The van der Waals surface area contributed by atoms with Crippen LogP contribution in [-0.2, 0) is 6.54 Å². The van der Waals surface area contributed by atoms with Crippen LogP contribution in [0.2, 0.25) is 0 Å². The maximum absolute atomic E-state index is 13.5. The molecule has 1 atom stereocenters. The summed E-state index contributed by atoms with van der Waals surface area (Å²) in [5, 5.41) is 8.79. The molecule has 1 aromatic carbocycles. The molecule has 1 fully saturated rings. The van der Waals surface area contributed by atoms with Crippen LogP contribution in [0.25, 0.3) is 10.9 Å². The molecular formula is C20H23FN4S. The molecule has 1 aliphatic rings. The molecule has 0 radical (unpaired) electrons. The molecule has 0 aliphatic carbocycles. The van der Waals surface area contributed by atoms with Gasteiger partial charge in [0.05, 0.1) is 11.2 Å². The zero-order valence-corrected chi connectivity index (χ0v) is 15.7. The van der Waals surface area contributed by atoms with E-state index in [1.165, 1.54) is 24.1 Å². The predicted molar refractivity (Wildman–Crippen MR) is 105 cm³/mol. The van der Waals surface area contributed by atoms with Gasteiger partial charge in [0.25, 0.3) is 0 Å². The maximum atomic E-state index is 13.5. The predicted octanol–water partition coefficient (Wildman–Crippen LogP) is 4.29. The smallest absolute Gasteiger partial charge is 0.226 e. The van der Waals surface area contributed by atoms with E-state index in [4.69, 9.17) is 0 Å². The first-order valence-corrected chi connectivity index (χ1v) is 10.1. The van der Waals surface area contributed by atoms with E-state index in [1.807, 2.05) is 6.92 Å². The zero-order chi connectivity index (χ0) is 17.9. The van der Waals surface area contributed by atoms with Gasteiger partial charge >= 0.3 is 0 Å². The van der Waals surface area contributed by atoms with Crippen LogP contribution in [0, 0.1) is 12.7 Å². The van der Waals surface area contributed by atoms with Gasteiger partial charge in [-0.1, -0.05) is 0 Å². The normalized spacial score (nSPS) is 18.2. The van der Waals surface area contributed by atoms with Crippen molar-refractivity contribution in [1.82, 2.24) is 15.3 Å². The number of hydrogen-bond donors (Lipinski definition) is 1. The Kier molecular flexibility index (Phi) is 5.13. The van der Waals surface area contributed by atoms with Crippen LogP contribution in [0.5, 0.6) is 0 Å². The number of aromatic nitrogens is 2. The highest BCUT2D eigenvalue weighted by molar-refractivity contribution is 7.07. The average Bonchev–Trinajstić information content (AvgIpc) is 3.04. The summed E-state index contributed by atoms with van der Waals surface area (Å²) in [5.74, 6) is 0.520. The molecule has 1 unspecified atom stereocenters. The summed E-state index contributed by atoms with van der Waals surface area (Å²) in [5.41, 5.74) is 3.00. The molecule has 1 aliphatic heterocycles. The molecule has 2 aromatic heterocycles. The lowest BCUT2D eigenvalue weighted by molar-refractivity contribution is 0.470. The number of rotatable bonds is 4. The molecule has 0 bridgehead atoms. The first-order valence-electron chi connectivity index (χ1n) is 9.12. The second-order valence-electron chi connectivity index (χ2n) is 6.90. The monoisotopic (exact) mass is 370 g/mol. The topological polar surface area (TPSA) is 41.1 Å². The van der Waals surface area contributed by atoms with Gasteiger partial charge in [0.1, 0.15) is 5.82 Å². The Hall–Kier alpha value is -2.05. The van der Waals surface area contributed by atoms with E-state index >= 15 is 0 Å². The number of anilines is 1. The van der Waals surface area contributed by atoms with Crippen molar-refractivity contribution in [2.75, 3.05) is 18.0 Å². The Bertz CT molecular complexity index is 881. The minimum absolute atomic E-state index is 0.244. The largest absolute Gasteiger partial charge is 0.341 e. The molecular weight excluding hydrogens is 347 g/mol. The molecule has 1 N–H and O–H groups in total. The van der Waals surface area contributed by atoms with Gasteiger partial charge in [0, 0.05) is 31.1 Å². The zero-order valence-electron chi connectivity index (χ0n) is 14.9. The summed E-state index contributed by atoms with van der Waals surface area (Å²) >= 11 is 1.74. The number of aryl methyl sites for hydroxylation is 1. The Balaban J connectivity index is 1.45. The van der Waals surface area contributed by atoms with Gasteiger partial charge in [-0.25, -0.2) is 14.4 Å². The average molecular weight is 370 g/mol. The van der Waals surface area contributed by atoms with Crippen LogP contribution >= 0.6 is 11.3 Å². The maximum Gasteiger partial charge on any atom is 0.226 e. The molecule has 136 valence electrons. The lowest BCUT2D eigenvalue weighted by Crippen LogP contribution is -2.31. The summed E-state index contributed by atoms with van der Waals surface area (Å²) in [6.07, 6.45) is 3.36. The molecule has 1 saturated heterocycles. The number of nitrogens with zero attached hydrogens (tertiary/aromatic N) is 3. The Morgan fingerprint density at radius 3 is 3.00 bits per heavy atom. The SMILES string of the molecule is Cc1nc(N2CCCC(NCc3ccsc3)CC2)nc2ccc(F)cc12. The second kappa shape index (κ2) is 7.68. The third-order valence-electron chi connectivity index (χ3n) is 5.02. The van der Waals surface area contributed by atoms with E-state index in [-0.39, 0.29) is 5.82 Å². The van der Waals surface area contributed by atoms with Gasteiger partial charge in [-0.3, -0.25) is 0 Å². The summed E-state index contributed by atoms with van der Waals surface area (Å²) in [4.78, 5) is 11.6. The van der Waals surface area contributed by atoms with Crippen molar-refractivity contribution in [2.24, 2.45) is 0 Å². The fraction of sp³-hybridized carbons (Fsp3) is 0.400. The van der Waals surface area contributed by atoms with Gasteiger partial charge in [-0.15, -0.1) is 0 Å². The highest BCUT2D eigenvalue weighted by atomic mass is 32.1. The molecule has 3 aromatic rings.